The molecule has 0 aliphatic carbocycles. The summed E-state index contributed by atoms with van der Waals surface area (Å²) < 4.78 is 0. The lowest BCUT2D eigenvalue weighted by atomic mass is 10.1. The summed E-state index contributed by atoms with van der Waals surface area (Å²) in [5.74, 6) is 0. The molecule has 1 saturated heterocycles. The van der Waals surface area contributed by atoms with E-state index >= 15 is 0 Å². The van der Waals surface area contributed by atoms with E-state index < -0.39 is 0 Å². The van der Waals surface area contributed by atoms with Gasteiger partial charge in [-0.3, -0.25) is 9.88 Å². The molecule has 0 bridgehead atoms. The predicted octanol–water partition coefficient (Wildman–Crippen LogP) is 0.588. The molecular formula is C10H16N4. The van der Waals surface area contributed by atoms with Crippen LogP contribution in [-0.2, 0) is 0 Å². The Bertz CT molecular complexity index is 313. The van der Waals surface area contributed by atoms with Gasteiger partial charge in [-0.1, -0.05) is 6.92 Å². The third-order valence-electron chi connectivity index (χ3n) is 2.75. The zero-order valence-electron chi connectivity index (χ0n) is 8.40. The van der Waals surface area contributed by atoms with Gasteiger partial charge in [-0.05, 0) is 18.2 Å². The van der Waals surface area contributed by atoms with Crippen LogP contribution in [0.1, 0.15) is 18.5 Å². The molecule has 1 unspecified atom stereocenters. The Morgan fingerprint density at radius 3 is 3.29 bits per heavy atom. The third-order valence-corrected chi connectivity index (χ3v) is 2.75. The molecule has 0 radical (unpaired) electrons. The zero-order valence-corrected chi connectivity index (χ0v) is 8.40. The van der Waals surface area contributed by atoms with Gasteiger partial charge in [0.1, 0.15) is 0 Å². The van der Waals surface area contributed by atoms with Crippen LogP contribution in [0.5, 0.6) is 0 Å². The van der Waals surface area contributed by atoms with Crippen LogP contribution in [0.15, 0.2) is 18.5 Å². The Morgan fingerprint density at radius 1 is 1.71 bits per heavy atom. The largest absolute Gasteiger partial charge is 0.397 e. The van der Waals surface area contributed by atoms with E-state index in [1.807, 2.05) is 6.07 Å². The molecule has 2 rings (SSSR count). The van der Waals surface area contributed by atoms with Crippen LogP contribution in [0, 0.1) is 0 Å². The summed E-state index contributed by atoms with van der Waals surface area (Å²) in [6.07, 6.45) is 3.53. The molecule has 3 N–H and O–H groups in total. The van der Waals surface area contributed by atoms with Crippen molar-refractivity contribution in [2.75, 3.05) is 25.5 Å². The second-order valence-electron chi connectivity index (χ2n) is 3.54. The van der Waals surface area contributed by atoms with Gasteiger partial charge >= 0.3 is 0 Å². The molecule has 76 valence electrons. The van der Waals surface area contributed by atoms with Crippen molar-refractivity contribution in [2.45, 2.75) is 13.0 Å². The van der Waals surface area contributed by atoms with E-state index in [0.717, 1.165) is 25.4 Å². The van der Waals surface area contributed by atoms with Gasteiger partial charge in [-0.25, -0.2) is 0 Å². The van der Waals surface area contributed by atoms with E-state index in [-0.39, 0.29) is 0 Å². The molecule has 1 aromatic heterocycles. The van der Waals surface area contributed by atoms with Gasteiger partial charge in [0.2, 0.25) is 0 Å². The van der Waals surface area contributed by atoms with Crippen molar-refractivity contribution in [1.29, 1.82) is 0 Å². The smallest absolute Gasteiger partial charge is 0.0549 e. The lowest BCUT2D eigenvalue weighted by Gasteiger charge is -2.22. The van der Waals surface area contributed by atoms with E-state index in [1.54, 1.807) is 12.4 Å². The van der Waals surface area contributed by atoms with Crippen molar-refractivity contribution in [1.82, 2.24) is 15.2 Å². The number of nitrogens with two attached hydrogens (primary N) is 1. The van der Waals surface area contributed by atoms with Gasteiger partial charge in [0.15, 0.2) is 0 Å². The Hall–Kier alpha value is -1.13. The highest BCUT2D eigenvalue weighted by molar-refractivity contribution is 5.46. The van der Waals surface area contributed by atoms with Crippen LogP contribution in [-0.4, -0.2) is 29.6 Å². The Kier molecular flexibility index (Phi) is 2.65. The first-order valence-electron chi connectivity index (χ1n) is 4.97. The number of rotatable bonds is 2. The van der Waals surface area contributed by atoms with Crippen LogP contribution in [0.4, 0.5) is 5.69 Å². The summed E-state index contributed by atoms with van der Waals surface area (Å²) >= 11 is 0. The van der Waals surface area contributed by atoms with Gasteiger partial charge < -0.3 is 11.1 Å². The number of aromatic nitrogens is 1. The minimum atomic E-state index is 0.406. The van der Waals surface area contributed by atoms with Crippen molar-refractivity contribution in [2.24, 2.45) is 0 Å². The van der Waals surface area contributed by atoms with E-state index in [1.165, 1.54) is 5.56 Å². The Labute approximate surface area is 84.1 Å². The van der Waals surface area contributed by atoms with Gasteiger partial charge in [0.25, 0.3) is 0 Å². The second-order valence-corrected chi connectivity index (χ2v) is 3.54. The summed E-state index contributed by atoms with van der Waals surface area (Å²) in [6.45, 7) is 5.13. The fraction of sp³-hybridized carbons (Fsp3) is 0.500. The molecule has 2 heterocycles. The molecule has 0 amide bonds. The highest BCUT2D eigenvalue weighted by Crippen LogP contribution is 2.26. The molecule has 4 nitrogen and oxygen atoms in total. The van der Waals surface area contributed by atoms with Crippen molar-refractivity contribution in [3.8, 4) is 0 Å². The average molecular weight is 192 g/mol. The maximum Gasteiger partial charge on any atom is 0.0549 e. The van der Waals surface area contributed by atoms with Gasteiger partial charge in [0.05, 0.1) is 17.9 Å². The number of hydrogen-bond donors (Lipinski definition) is 2. The van der Waals surface area contributed by atoms with Gasteiger partial charge in [0, 0.05) is 19.4 Å². The van der Waals surface area contributed by atoms with Crippen molar-refractivity contribution < 1.29 is 0 Å². The van der Waals surface area contributed by atoms with E-state index in [0.29, 0.717) is 6.04 Å². The maximum absolute atomic E-state index is 5.90. The topological polar surface area (TPSA) is 54.2 Å². The number of likely N-dealkylation sites (N-methyl/N-ethyl adjacent to an activating group) is 1. The lowest BCUT2D eigenvalue weighted by molar-refractivity contribution is 0.276. The minimum Gasteiger partial charge on any atom is -0.397 e. The molecule has 0 spiro atoms. The average Bonchev–Trinajstić information content (AvgIpc) is 2.66. The summed E-state index contributed by atoms with van der Waals surface area (Å²) in [5, 5.41) is 3.35. The van der Waals surface area contributed by atoms with Gasteiger partial charge in [-0.15, -0.1) is 0 Å². The van der Waals surface area contributed by atoms with Crippen molar-refractivity contribution in [3.05, 3.63) is 24.0 Å². The molecule has 1 aliphatic heterocycles. The zero-order chi connectivity index (χ0) is 9.97. The molecule has 14 heavy (non-hydrogen) atoms. The summed E-state index contributed by atoms with van der Waals surface area (Å²) in [5.41, 5.74) is 7.88. The molecule has 4 heteroatoms. The monoisotopic (exact) mass is 192 g/mol. The fourth-order valence-corrected chi connectivity index (χ4v) is 1.94. The Balaban J connectivity index is 2.26. The first-order chi connectivity index (χ1) is 6.83. The summed E-state index contributed by atoms with van der Waals surface area (Å²) in [7, 11) is 0. The molecular weight excluding hydrogens is 176 g/mol. The molecule has 1 aromatic rings. The number of hydrogen-bond acceptors (Lipinski definition) is 4. The van der Waals surface area contributed by atoms with Crippen molar-refractivity contribution in [3.63, 3.8) is 0 Å². The highest BCUT2D eigenvalue weighted by atomic mass is 15.3. The van der Waals surface area contributed by atoms with Gasteiger partial charge in [-0.2, -0.15) is 0 Å². The third kappa shape index (κ3) is 1.58. The van der Waals surface area contributed by atoms with Crippen LogP contribution in [0.3, 0.4) is 0 Å². The number of pyridine rings is 1. The molecule has 0 saturated carbocycles. The van der Waals surface area contributed by atoms with Crippen LogP contribution in [0.2, 0.25) is 0 Å². The van der Waals surface area contributed by atoms with E-state index in [2.05, 4.69) is 22.1 Å². The maximum atomic E-state index is 5.90. The first-order valence-corrected chi connectivity index (χ1v) is 4.97. The first kappa shape index (κ1) is 9.43. The van der Waals surface area contributed by atoms with Crippen molar-refractivity contribution >= 4 is 5.69 Å². The minimum absolute atomic E-state index is 0.406. The van der Waals surface area contributed by atoms with Crippen LogP contribution < -0.4 is 11.1 Å². The number of anilines is 1. The highest BCUT2D eigenvalue weighted by Gasteiger charge is 2.25. The Morgan fingerprint density at radius 2 is 2.57 bits per heavy atom. The van der Waals surface area contributed by atoms with E-state index in [4.69, 9.17) is 5.73 Å². The number of nitrogen functional groups attached to an aromatic ring is 1. The lowest BCUT2D eigenvalue weighted by Crippen LogP contribution is -2.25. The second kappa shape index (κ2) is 3.94. The quantitative estimate of drug-likeness (QED) is 0.720. The number of nitrogens with zero attached hydrogens (tertiary/aromatic N) is 2. The molecule has 1 aliphatic rings. The summed E-state index contributed by atoms with van der Waals surface area (Å²) in [6, 6.07) is 2.42. The van der Waals surface area contributed by atoms with E-state index in [9.17, 15) is 0 Å². The molecule has 1 atom stereocenters. The van der Waals surface area contributed by atoms with Crippen LogP contribution in [0.25, 0.3) is 0 Å². The SMILES string of the molecule is CCN1CNCC1c1ccncc1N. The molecule has 1 fully saturated rings. The summed E-state index contributed by atoms with van der Waals surface area (Å²) in [4.78, 5) is 6.37. The number of nitrogens with one attached hydrogen (secondary N) is 1. The normalized spacial score (nSPS) is 22.8. The standard InChI is InChI=1S/C10H16N4/c1-2-14-7-13-6-10(14)8-3-4-12-5-9(8)11/h3-5,10,13H,2,6-7,11H2,1H3. The fourth-order valence-electron chi connectivity index (χ4n) is 1.94. The molecule has 0 aromatic carbocycles. The predicted molar refractivity (Wildman–Crippen MR) is 56.6 cm³/mol. The van der Waals surface area contributed by atoms with Crippen LogP contribution >= 0.6 is 0 Å².